The van der Waals surface area contributed by atoms with Crippen LogP contribution in [-0.4, -0.2) is 32.7 Å². The molecule has 0 saturated heterocycles. The van der Waals surface area contributed by atoms with Gasteiger partial charge in [0.1, 0.15) is 15.5 Å². The molecule has 3 aromatic rings. The summed E-state index contributed by atoms with van der Waals surface area (Å²) in [6.45, 7) is 1.40. The van der Waals surface area contributed by atoms with Gasteiger partial charge in [0.2, 0.25) is 0 Å². The molecule has 10 heteroatoms. The monoisotopic (exact) mass is 432 g/mol. The Morgan fingerprint density at radius 3 is 2.03 bits per heavy atom. The third kappa shape index (κ3) is 3.24. The largest absolute Gasteiger partial charge is 0.481 e. The van der Waals surface area contributed by atoms with Crippen molar-refractivity contribution in [1.82, 2.24) is 9.25 Å². The molecule has 8 nitrogen and oxygen atoms in total. The van der Waals surface area contributed by atoms with Gasteiger partial charge in [-0.05, 0) is 42.0 Å². The van der Waals surface area contributed by atoms with Gasteiger partial charge in [-0.2, -0.15) is 0 Å². The lowest BCUT2D eigenvalue weighted by molar-refractivity contribution is -0.129. The van der Waals surface area contributed by atoms with E-state index >= 15 is 0 Å². The molecule has 0 unspecified atom stereocenters. The minimum Gasteiger partial charge on any atom is -0.481 e. The summed E-state index contributed by atoms with van der Waals surface area (Å²) in [4.78, 5) is 11.7. The number of hydrogen-bond donors (Lipinski definition) is 1. The van der Waals surface area contributed by atoms with Crippen molar-refractivity contribution in [1.29, 1.82) is 0 Å². The third-order valence-corrected chi connectivity index (χ3v) is 8.63. The topological polar surface area (TPSA) is 110 Å². The van der Waals surface area contributed by atoms with E-state index in [0.29, 0.717) is 5.75 Å². The van der Waals surface area contributed by atoms with Crippen LogP contribution in [0.15, 0.2) is 76.5 Å². The van der Waals surface area contributed by atoms with E-state index < -0.39 is 32.1 Å². The molecule has 150 valence electrons. The molecule has 0 bridgehead atoms. The summed E-state index contributed by atoms with van der Waals surface area (Å²) in [5, 5.41) is 1.89. The molecule has 0 spiro atoms. The number of hydrazine groups is 1. The second-order valence-electron chi connectivity index (χ2n) is 6.40. The highest BCUT2D eigenvalue weighted by Gasteiger charge is 2.48. The van der Waals surface area contributed by atoms with Crippen LogP contribution in [0.5, 0.6) is 5.75 Å². The van der Waals surface area contributed by atoms with Crippen molar-refractivity contribution in [2.45, 2.75) is 22.8 Å². The maximum Gasteiger partial charge on any atom is 0.276 e. The number of benzene rings is 3. The first-order valence-electron chi connectivity index (χ1n) is 8.57. The second-order valence-corrected chi connectivity index (χ2v) is 10.1. The zero-order valence-corrected chi connectivity index (χ0v) is 16.8. The highest BCUT2D eigenvalue weighted by molar-refractivity contribution is 8.06. The molecule has 0 radical (unpaired) electrons. The van der Waals surface area contributed by atoms with Gasteiger partial charge < -0.3 is 4.74 Å². The number of carbonyl (C=O) groups excluding carboxylic acids is 1. The number of ether oxygens (including phenoxy) is 1. The highest BCUT2D eigenvalue weighted by atomic mass is 32.3. The normalized spacial score (nSPS) is 18.1. The summed E-state index contributed by atoms with van der Waals surface area (Å²) >= 11 is 0. The maximum atomic E-state index is 12.6. The number of sulfonamides is 2. The molecule has 0 saturated carbocycles. The van der Waals surface area contributed by atoms with Crippen molar-refractivity contribution in [2.75, 3.05) is 0 Å². The Labute approximate surface area is 167 Å². The van der Waals surface area contributed by atoms with Crippen molar-refractivity contribution in [2.24, 2.45) is 0 Å². The number of nitrogens with zero attached hydrogens (tertiary/aromatic N) is 1. The molecule has 0 aromatic heterocycles. The Kier molecular flexibility index (Phi) is 4.56. The van der Waals surface area contributed by atoms with Crippen LogP contribution in [0.2, 0.25) is 0 Å². The zero-order valence-electron chi connectivity index (χ0n) is 15.1. The number of rotatable bonds is 4. The van der Waals surface area contributed by atoms with Crippen molar-refractivity contribution < 1.29 is 26.4 Å². The summed E-state index contributed by atoms with van der Waals surface area (Å²) in [5.74, 6) is -0.528. The molecule has 0 aliphatic carbocycles. The molecule has 1 aliphatic heterocycles. The van der Waals surface area contributed by atoms with Crippen molar-refractivity contribution in [3.8, 4) is 5.75 Å². The van der Waals surface area contributed by atoms with Gasteiger partial charge >= 0.3 is 0 Å². The average molecular weight is 432 g/mol. The van der Waals surface area contributed by atoms with Gasteiger partial charge in [-0.15, -0.1) is 0 Å². The predicted molar refractivity (Wildman–Crippen MR) is 105 cm³/mol. The van der Waals surface area contributed by atoms with Gasteiger partial charge in [0, 0.05) is 3.82 Å². The average Bonchev–Trinajstić information content (AvgIpc) is 2.85. The molecule has 1 amide bonds. The van der Waals surface area contributed by atoms with E-state index in [4.69, 9.17) is 4.74 Å². The van der Waals surface area contributed by atoms with Crippen LogP contribution in [0, 0.1) is 0 Å². The van der Waals surface area contributed by atoms with Crippen LogP contribution in [0.4, 0.5) is 0 Å². The first-order valence-corrected chi connectivity index (χ1v) is 11.4. The molecule has 3 aromatic carbocycles. The van der Waals surface area contributed by atoms with Gasteiger partial charge in [-0.1, -0.05) is 42.5 Å². The number of amides is 1. The van der Waals surface area contributed by atoms with Crippen LogP contribution in [0.25, 0.3) is 10.8 Å². The lowest BCUT2D eigenvalue weighted by Crippen LogP contribution is -2.50. The van der Waals surface area contributed by atoms with Crippen LogP contribution in [-0.2, 0) is 24.8 Å². The van der Waals surface area contributed by atoms with Gasteiger partial charge in [-0.25, -0.2) is 16.8 Å². The molecule has 1 N–H and O–H groups in total. The van der Waals surface area contributed by atoms with E-state index in [9.17, 15) is 21.6 Å². The standard InChI is InChI=1S/C19H16N2O6S2/c1-13(27-16-11-10-14-6-2-3-7-15(14)12-16)19(22)20-21-28(23,24)17-8-4-5-9-18(17)29(21,25)26/h2-13H,1H3,(H,20,22)/t13-/m0/s1. The molecular formula is C19H16N2O6S2. The van der Waals surface area contributed by atoms with Gasteiger partial charge in [-0.3, -0.25) is 10.2 Å². The molecule has 1 aliphatic rings. The second kappa shape index (κ2) is 6.83. The Bertz CT molecular complexity index is 1280. The van der Waals surface area contributed by atoms with E-state index in [1.165, 1.54) is 31.2 Å². The summed E-state index contributed by atoms with van der Waals surface area (Å²) in [6, 6.07) is 17.9. The zero-order chi connectivity index (χ0) is 20.8. The number of carbonyl (C=O) groups is 1. The highest BCUT2D eigenvalue weighted by Crippen LogP contribution is 2.34. The lowest BCUT2D eigenvalue weighted by Gasteiger charge is -2.19. The van der Waals surface area contributed by atoms with Crippen molar-refractivity contribution >= 4 is 36.7 Å². The summed E-state index contributed by atoms with van der Waals surface area (Å²) < 4.78 is 55.8. The fourth-order valence-electron chi connectivity index (χ4n) is 2.98. The summed E-state index contributed by atoms with van der Waals surface area (Å²) in [7, 11) is -8.85. The van der Waals surface area contributed by atoms with E-state index in [-0.39, 0.29) is 13.6 Å². The maximum absolute atomic E-state index is 12.6. The van der Waals surface area contributed by atoms with Gasteiger partial charge in [0.15, 0.2) is 6.10 Å². The molecule has 1 heterocycles. The first kappa shape index (κ1) is 19.4. The number of hydrogen-bond acceptors (Lipinski definition) is 6. The van der Waals surface area contributed by atoms with Crippen molar-refractivity contribution in [3.63, 3.8) is 0 Å². The number of fused-ring (bicyclic) bond motifs is 2. The van der Waals surface area contributed by atoms with E-state index in [1.54, 1.807) is 12.1 Å². The quantitative estimate of drug-likeness (QED) is 0.676. The lowest BCUT2D eigenvalue weighted by atomic mass is 10.1. The number of nitrogens with one attached hydrogen (secondary N) is 1. The Morgan fingerprint density at radius 1 is 0.862 bits per heavy atom. The molecule has 0 fully saturated rings. The summed E-state index contributed by atoms with van der Waals surface area (Å²) in [6.07, 6.45) is -1.15. The summed E-state index contributed by atoms with van der Waals surface area (Å²) in [5.41, 5.74) is 1.96. The first-order chi connectivity index (χ1) is 13.7. The van der Waals surface area contributed by atoms with E-state index in [1.807, 2.05) is 35.8 Å². The van der Waals surface area contributed by atoms with Gasteiger partial charge in [0.05, 0.1) is 0 Å². The molecule has 1 atom stereocenters. The predicted octanol–water partition coefficient (Wildman–Crippen LogP) is 2.03. The van der Waals surface area contributed by atoms with Crippen LogP contribution in [0.3, 0.4) is 0 Å². The minimum atomic E-state index is -4.43. The smallest absolute Gasteiger partial charge is 0.276 e. The van der Waals surface area contributed by atoms with E-state index in [2.05, 4.69) is 0 Å². The fourth-order valence-corrected chi connectivity index (χ4v) is 7.05. The van der Waals surface area contributed by atoms with E-state index in [0.717, 1.165) is 10.8 Å². The van der Waals surface area contributed by atoms with Crippen LogP contribution >= 0.6 is 0 Å². The third-order valence-electron chi connectivity index (χ3n) is 4.45. The minimum absolute atomic E-state index is 0.00669. The van der Waals surface area contributed by atoms with Crippen LogP contribution in [0.1, 0.15) is 6.92 Å². The van der Waals surface area contributed by atoms with Crippen LogP contribution < -0.4 is 10.2 Å². The van der Waals surface area contributed by atoms with Crippen molar-refractivity contribution in [3.05, 3.63) is 66.7 Å². The van der Waals surface area contributed by atoms with Gasteiger partial charge in [0.25, 0.3) is 26.0 Å². The molecule has 29 heavy (non-hydrogen) atoms. The Morgan fingerprint density at radius 2 is 1.41 bits per heavy atom. The SMILES string of the molecule is C[C@H](Oc1ccc2ccccc2c1)C(=O)NN1S(=O)(=O)c2ccccc2S1(=O)=O. The molecule has 4 rings (SSSR count). The Hall–Kier alpha value is -2.95. The molecular weight excluding hydrogens is 416 g/mol. The Balaban J connectivity index is 1.56. The fraction of sp³-hybridized carbons (Fsp3) is 0.105.